The second-order valence-electron chi connectivity index (χ2n) is 4.16. The largest absolute Gasteiger partial charge is 0.383 e. The number of hydrogen-bond donors (Lipinski definition) is 2. The Morgan fingerprint density at radius 2 is 1.81 bits per heavy atom. The Labute approximate surface area is 133 Å². The van der Waals surface area contributed by atoms with Crippen LogP contribution in [0.5, 0.6) is 0 Å². The first-order valence-corrected chi connectivity index (χ1v) is 8.80. The van der Waals surface area contributed by atoms with Crippen LogP contribution in [-0.4, -0.2) is 28.7 Å². The number of nitrogens with one attached hydrogen (secondary N) is 2. The topological polar surface area (TPSA) is 67.4 Å². The van der Waals surface area contributed by atoms with E-state index in [0.29, 0.717) is 23.2 Å². The highest BCUT2D eigenvalue weighted by Gasteiger charge is 2.16. The molecule has 0 bridgehead atoms. The molecule has 114 valence electrons. The number of sulfonamides is 1. The zero-order valence-electron chi connectivity index (χ0n) is 11.3. The summed E-state index contributed by atoms with van der Waals surface area (Å²) in [6.07, 6.45) is 0. The van der Waals surface area contributed by atoms with Gasteiger partial charge in [-0.25, -0.2) is 8.42 Å². The summed E-state index contributed by atoms with van der Waals surface area (Å²) in [5, 5.41) is 3.15. The van der Waals surface area contributed by atoms with Crippen LogP contribution in [0.1, 0.15) is 0 Å². The van der Waals surface area contributed by atoms with Crippen molar-refractivity contribution in [2.75, 3.05) is 30.3 Å². The Bertz CT molecular complexity index is 684. The van der Waals surface area contributed by atoms with Gasteiger partial charge in [-0.3, -0.25) is 4.72 Å². The van der Waals surface area contributed by atoms with Gasteiger partial charge in [-0.05, 0) is 36.4 Å². The predicted molar refractivity (Wildman–Crippen MR) is 86.9 cm³/mol. The van der Waals surface area contributed by atoms with Crippen LogP contribution in [0.4, 0.5) is 11.4 Å². The first kappa shape index (κ1) is 16.1. The van der Waals surface area contributed by atoms with Gasteiger partial charge in [-0.1, -0.05) is 11.6 Å². The second-order valence-corrected chi connectivity index (χ2v) is 7.79. The SMILES string of the molecule is COCCNc1ccc(NS(=O)(=O)c2ccc(Cl)s2)cc1. The van der Waals surface area contributed by atoms with Crippen LogP contribution in [0, 0.1) is 0 Å². The maximum Gasteiger partial charge on any atom is 0.271 e. The monoisotopic (exact) mass is 346 g/mol. The number of benzene rings is 1. The van der Waals surface area contributed by atoms with Gasteiger partial charge in [0.25, 0.3) is 10.0 Å². The van der Waals surface area contributed by atoms with Gasteiger partial charge in [0.15, 0.2) is 0 Å². The number of hydrogen-bond acceptors (Lipinski definition) is 5. The number of rotatable bonds is 7. The molecular weight excluding hydrogens is 332 g/mol. The van der Waals surface area contributed by atoms with Gasteiger partial charge in [0.2, 0.25) is 0 Å². The third kappa shape index (κ3) is 4.60. The highest BCUT2D eigenvalue weighted by Crippen LogP contribution is 2.27. The van der Waals surface area contributed by atoms with E-state index in [9.17, 15) is 8.42 Å². The quantitative estimate of drug-likeness (QED) is 0.755. The normalized spacial score (nSPS) is 11.3. The third-order valence-corrected chi connectivity index (χ3v) is 5.69. The summed E-state index contributed by atoms with van der Waals surface area (Å²) in [5.74, 6) is 0. The molecule has 0 fully saturated rings. The lowest BCUT2D eigenvalue weighted by atomic mass is 10.3. The fourth-order valence-corrected chi connectivity index (χ4v) is 4.14. The Morgan fingerprint density at radius 1 is 1.14 bits per heavy atom. The lowest BCUT2D eigenvalue weighted by molar-refractivity contribution is 0.211. The van der Waals surface area contributed by atoms with Crippen molar-refractivity contribution in [2.45, 2.75) is 4.21 Å². The summed E-state index contributed by atoms with van der Waals surface area (Å²) in [6, 6.07) is 10.0. The lowest BCUT2D eigenvalue weighted by Gasteiger charge is -2.08. The van der Waals surface area contributed by atoms with E-state index in [0.717, 1.165) is 17.0 Å². The first-order chi connectivity index (χ1) is 10.0. The van der Waals surface area contributed by atoms with Crippen LogP contribution in [-0.2, 0) is 14.8 Å². The van der Waals surface area contributed by atoms with Gasteiger partial charge in [0.1, 0.15) is 4.21 Å². The molecule has 2 aromatic rings. The zero-order chi connectivity index (χ0) is 15.3. The van der Waals surface area contributed by atoms with Crippen LogP contribution in [0.15, 0.2) is 40.6 Å². The number of thiophene rings is 1. The summed E-state index contributed by atoms with van der Waals surface area (Å²) < 4.78 is 32.3. The maximum atomic E-state index is 12.1. The summed E-state index contributed by atoms with van der Waals surface area (Å²) in [6.45, 7) is 1.29. The van der Waals surface area contributed by atoms with Crippen LogP contribution >= 0.6 is 22.9 Å². The van der Waals surface area contributed by atoms with Gasteiger partial charge in [-0.15, -0.1) is 11.3 Å². The average Bonchev–Trinajstić information content (AvgIpc) is 2.88. The van der Waals surface area contributed by atoms with E-state index in [2.05, 4.69) is 10.0 Å². The van der Waals surface area contributed by atoms with E-state index >= 15 is 0 Å². The van der Waals surface area contributed by atoms with Crippen molar-refractivity contribution in [2.24, 2.45) is 0 Å². The van der Waals surface area contributed by atoms with Gasteiger partial charge >= 0.3 is 0 Å². The van der Waals surface area contributed by atoms with E-state index < -0.39 is 10.0 Å². The van der Waals surface area contributed by atoms with E-state index in [-0.39, 0.29) is 4.21 Å². The molecule has 0 unspecified atom stereocenters. The summed E-state index contributed by atoms with van der Waals surface area (Å²) in [7, 11) is -1.95. The van der Waals surface area contributed by atoms with Gasteiger partial charge in [-0.2, -0.15) is 0 Å². The standard InChI is InChI=1S/C13H15ClN2O3S2/c1-19-9-8-15-10-2-4-11(5-3-10)16-21(17,18)13-7-6-12(14)20-13/h2-7,15-16H,8-9H2,1H3. The summed E-state index contributed by atoms with van der Waals surface area (Å²) >= 11 is 6.78. The maximum absolute atomic E-state index is 12.1. The number of methoxy groups -OCH3 is 1. The highest BCUT2D eigenvalue weighted by molar-refractivity contribution is 7.94. The van der Waals surface area contributed by atoms with Crippen molar-refractivity contribution in [3.8, 4) is 0 Å². The van der Waals surface area contributed by atoms with Gasteiger partial charge in [0, 0.05) is 25.0 Å². The Morgan fingerprint density at radius 3 is 2.38 bits per heavy atom. The molecule has 0 aliphatic heterocycles. The second kappa shape index (κ2) is 7.13. The third-order valence-electron chi connectivity index (χ3n) is 2.59. The summed E-state index contributed by atoms with van der Waals surface area (Å²) in [5.41, 5.74) is 1.39. The number of anilines is 2. The van der Waals surface area contributed by atoms with Crippen molar-refractivity contribution < 1.29 is 13.2 Å². The number of halogens is 1. The molecule has 0 amide bonds. The van der Waals surface area contributed by atoms with Crippen LogP contribution in [0.3, 0.4) is 0 Å². The lowest BCUT2D eigenvalue weighted by Crippen LogP contribution is -2.11. The molecule has 8 heteroatoms. The van der Waals surface area contributed by atoms with Crippen molar-refractivity contribution >= 4 is 44.3 Å². The van der Waals surface area contributed by atoms with E-state index in [1.807, 2.05) is 0 Å². The molecule has 0 saturated heterocycles. The van der Waals surface area contributed by atoms with Crippen LogP contribution < -0.4 is 10.0 Å². The molecule has 2 N–H and O–H groups in total. The van der Waals surface area contributed by atoms with Crippen molar-refractivity contribution in [3.05, 3.63) is 40.7 Å². The molecule has 0 aliphatic carbocycles. The van der Waals surface area contributed by atoms with Crippen LogP contribution in [0.2, 0.25) is 4.34 Å². The molecular formula is C13H15ClN2O3S2. The molecule has 5 nitrogen and oxygen atoms in total. The molecule has 21 heavy (non-hydrogen) atoms. The fourth-order valence-electron chi connectivity index (χ4n) is 1.60. The Hall–Kier alpha value is -1.28. The molecule has 0 spiro atoms. The summed E-state index contributed by atoms with van der Waals surface area (Å²) in [4.78, 5) is 0. The highest BCUT2D eigenvalue weighted by atomic mass is 35.5. The molecule has 1 aromatic heterocycles. The number of ether oxygens (including phenoxy) is 1. The zero-order valence-corrected chi connectivity index (χ0v) is 13.7. The van der Waals surface area contributed by atoms with Gasteiger partial charge in [0.05, 0.1) is 10.9 Å². The molecule has 1 heterocycles. The van der Waals surface area contributed by atoms with E-state index in [1.54, 1.807) is 37.4 Å². The fraction of sp³-hybridized carbons (Fsp3) is 0.231. The minimum atomic E-state index is -3.58. The molecule has 0 radical (unpaired) electrons. The van der Waals surface area contributed by atoms with Gasteiger partial charge < -0.3 is 10.1 Å². The van der Waals surface area contributed by atoms with Crippen molar-refractivity contribution in [3.63, 3.8) is 0 Å². The predicted octanol–water partition coefficient (Wildman–Crippen LogP) is 3.26. The minimum Gasteiger partial charge on any atom is -0.383 e. The minimum absolute atomic E-state index is 0.190. The molecule has 0 aliphatic rings. The van der Waals surface area contributed by atoms with E-state index in [4.69, 9.17) is 16.3 Å². The van der Waals surface area contributed by atoms with Crippen molar-refractivity contribution in [1.82, 2.24) is 0 Å². The smallest absolute Gasteiger partial charge is 0.271 e. The Balaban J connectivity index is 2.03. The molecule has 1 aromatic carbocycles. The van der Waals surface area contributed by atoms with Crippen LogP contribution in [0.25, 0.3) is 0 Å². The Kier molecular flexibility index (Phi) is 5.46. The van der Waals surface area contributed by atoms with E-state index in [1.165, 1.54) is 6.07 Å². The average molecular weight is 347 g/mol. The molecule has 0 atom stereocenters. The molecule has 0 saturated carbocycles. The molecule has 2 rings (SSSR count). The van der Waals surface area contributed by atoms with Crippen molar-refractivity contribution in [1.29, 1.82) is 0 Å². The first-order valence-electron chi connectivity index (χ1n) is 6.12.